The molecule has 158 valence electrons. The van der Waals surface area contributed by atoms with Gasteiger partial charge in [0.2, 0.25) is 0 Å². The lowest BCUT2D eigenvalue weighted by Gasteiger charge is -2.17. The van der Waals surface area contributed by atoms with Crippen molar-refractivity contribution in [2.45, 2.75) is 32.9 Å². The molecule has 3 rings (SSSR count). The highest BCUT2D eigenvalue weighted by Gasteiger charge is 2.13. The molecule has 1 atom stereocenters. The van der Waals surface area contributed by atoms with Gasteiger partial charge in [-0.05, 0) is 54.8 Å². The summed E-state index contributed by atoms with van der Waals surface area (Å²) >= 11 is 0. The maximum absolute atomic E-state index is 12.4. The Morgan fingerprint density at radius 3 is 2.77 bits per heavy atom. The summed E-state index contributed by atoms with van der Waals surface area (Å²) in [5.41, 5.74) is 2.88. The number of aromatic nitrogens is 2. The maximum atomic E-state index is 12.4. The van der Waals surface area contributed by atoms with Crippen molar-refractivity contribution in [1.82, 2.24) is 20.4 Å². The Morgan fingerprint density at radius 2 is 2.03 bits per heavy atom. The Labute approximate surface area is 177 Å². The molecule has 2 amide bonds. The number of nitrogens with one attached hydrogen (secondary N) is 2. The third-order valence-corrected chi connectivity index (χ3v) is 4.63. The van der Waals surface area contributed by atoms with Gasteiger partial charge in [0.1, 0.15) is 0 Å². The third-order valence-electron chi connectivity index (χ3n) is 4.63. The molecule has 0 fully saturated rings. The van der Waals surface area contributed by atoms with Crippen LogP contribution in [0.5, 0.6) is 11.5 Å². The van der Waals surface area contributed by atoms with Crippen LogP contribution < -0.4 is 20.1 Å². The van der Waals surface area contributed by atoms with Crippen molar-refractivity contribution in [3.8, 4) is 17.2 Å². The molecule has 0 aliphatic heterocycles. The third kappa shape index (κ3) is 5.53. The Bertz CT molecular complexity index is 957. The minimum atomic E-state index is -0.239. The zero-order valence-electron chi connectivity index (χ0n) is 17.6. The van der Waals surface area contributed by atoms with Crippen molar-refractivity contribution in [3.05, 3.63) is 72.1 Å². The average molecular weight is 409 g/mol. The van der Waals surface area contributed by atoms with Crippen LogP contribution in [-0.4, -0.2) is 29.5 Å². The quantitative estimate of drug-likeness (QED) is 0.555. The summed E-state index contributed by atoms with van der Waals surface area (Å²) in [6, 6.07) is 15.0. The summed E-state index contributed by atoms with van der Waals surface area (Å²) < 4.78 is 12.9. The molecule has 0 aliphatic carbocycles. The molecule has 0 saturated heterocycles. The summed E-state index contributed by atoms with van der Waals surface area (Å²) in [7, 11) is 1.61. The van der Waals surface area contributed by atoms with Gasteiger partial charge >= 0.3 is 6.03 Å². The van der Waals surface area contributed by atoms with Gasteiger partial charge in [0.15, 0.2) is 11.5 Å². The van der Waals surface area contributed by atoms with Crippen LogP contribution in [0.1, 0.15) is 37.4 Å². The van der Waals surface area contributed by atoms with Crippen LogP contribution >= 0.6 is 0 Å². The first kappa shape index (κ1) is 21.2. The number of hydrogen-bond donors (Lipinski definition) is 2. The van der Waals surface area contributed by atoms with E-state index in [0.29, 0.717) is 24.7 Å². The topological polar surface area (TPSA) is 77.4 Å². The van der Waals surface area contributed by atoms with E-state index in [9.17, 15) is 4.79 Å². The van der Waals surface area contributed by atoms with E-state index in [4.69, 9.17) is 9.47 Å². The van der Waals surface area contributed by atoms with Gasteiger partial charge in [-0.1, -0.05) is 25.1 Å². The van der Waals surface area contributed by atoms with E-state index in [0.717, 1.165) is 23.2 Å². The fourth-order valence-corrected chi connectivity index (χ4v) is 3.03. The van der Waals surface area contributed by atoms with E-state index in [1.807, 2.05) is 61.7 Å². The van der Waals surface area contributed by atoms with Crippen molar-refractivity contribution in [1.29, 1.82) is 0 Å². The number of carbonyl (C=O) groups is 1. The highest BCUT2D eigenvalue weighted by atomic mass is 16.5. The zero-order chi connectivity index (χ0) is 21.3. The van der Waals surface area contributed by atoms with Crippen LogP contribution in [-0.2, 0) is 6.54 Å². The van der Waals surface area contributed by atoms with E-state index < -0.39 is 0 Å². The Morgan fingerprint density at radius 1 is 1.17 bits per heavy atom. The molecule has 1 heterocycles. The molecule has 1 aromatic heterocycles. The van der Waals surface area contributed by atoms with Crippen LogP contribution in [0.15, 0.2) is 60.9 Å². The van der Waals surface area contributed by atoms with Crippen molar-refractivity contribution >= 4 is 6.03 Å². The number of hydrogen-bond acceptors (Lipinski definition) is 4. The lowest BCUT2D eigenvalue weighted by atomic mass is 10.1. The average Bonchev–Trinajstić information content (AvgIpc) is 3.31. The van der Waals surface area contributed by atoms with Gasteiger partial charge in [0.05, 0.1) is 25.4 Å². The number of carbonyl (C=O) groups excluding carboxylic acids is 1. The minimum absolute atomic E-state index is 0.186. The molecule has 0 spiro atoms. The van der Waals surface area contributed by atoms with Gasteiger partial charge in [0.25, 0.3) is 0 Å². The number of rotatable bonds is 9. The van der Waals surface area contributed by atoms with Gasteiger partial charge in [-0.2, -0.15) is 5.10 Å². The molecule has 3 aromatic rings. The largest absolute Gasteiger partial charge is 0.493 e. The molecule has 1 unspecified atom stereocenters. The first-order chi connectivity index (χ1) is 14.6. The van der Waals surface area contributed by atoms with Crippen LogP contribution in [0.4, 0.5) is 4.79 Å². The van der Waals surface area contributed by atoms with Gasteiger partial charge in [-0.3, -0.25) is 0 Å². The van der Waals surface area contributed by atoms with Crippen molar-refractivity contribution in [2.75, 3.05) is 13.7 Å². The van der Waals surface area contributed by atoms with Crippen molar-refractivity contribution in [3.63, 3.8) is 0 Å². The van der Waals surface area contributed by atoms with Crippen LogP contribution in [0.3, 0.4) is 0 Å². The van der Waals surface area contributed by atoms with Crippen LogP contribution in [0.25, 0.3) is 5.69 Å². The van der Waals surface area contributed by atoms with E-state index >= 15 is 0 Å². The molecule has 2 N–H and O–H groups in total. The van der Waals surface area contributed by atoms with Crippen molar-refractivity contribution in [2.24, 2.45) is 0 Å². The Kier molecular flexibility index (Phi) is 7.32. The maximum Gasteiger partial charge on any atom is 0.315 e. The van der Waals surface area contributed by atoms with Gasteiger partial charge in [-0.25, -0.2) is 9.48 Å². The standard InChI is InChI=1S/C23H28N4O3/c1-4-13-30-21-10-9-19(15-22(21)29-3)17(2)26-23(28)24-16-18-7-5-8-20(14-18)27-12-6-11-25-27/h5-12,14-15,17H,4,13,16H2,1-3H3,(H2,24,26,28). The van der Waals surface area contributed by atoms with E-state index in [1.54, 1.807) is 18.0 Å². The second-order valence-electron chi connectivity index (χ2n) is 6.93. The molecule has 0 radical (unpaired) electrons. The van der Waals surface area contributed by atoms with Crippen LogP contribution in [0.2, 0.25) is 0 Å². The molecule has 0 bridgehead atoms. The van der Waals surface area contributed by atoms with Crippen LogP contribution in [0, 0.1) is 0 Å². The number of methoxy groups -OCH3 is 1. The lowest BCUT2D eigenvalue weighted by Crippen LogP contribution is -2.36. The van der Waals surface area contributed by atoms with Crippen molar-refractivity contribution < 1.29 is 14.3 Å². The summed E-state index contributed by atoms with van der Waals surface area (Å²) in [6.45, 7) is 5.03. The highest BCUT2D eigenvalue weighted by molar-refractivity contribution is 5.74. The summed E-state index contributed by atoms with van der Waals surface area (Å²) in [4.78, 5) is 12.4. The SMILES string of the molecule is CCCOc1ccc(C(C)NC(=O)NCc2cccc(-n3cccn3)c2)cc1OC. The number of urea groups is 1. The van der Waals surface area contributed by atoms with Gasteiger partial charge < -0.3 is 20.1 Å². The molecule has 0 aliphatic rings. The second kappa shape index (κ2) is 10.3. The highest BCUT2D eigenvalue weighted by Crippen LogP contribution is 2.30. The van der Waals surface area contributed by atoms with E-state index in [2.05, 4.69) is 22.7 Å². The number of benzene rings is 2. The molecular formula is C23H28N4O3. The summed E-state index contributed by atoms with van der Waals surface area (Å²) in [6.07, 6.45) is 4.54. The molecule has 0 saturated carbocycles. The lowest BCUT2D eigenvalue weighted by molar-refractivity contribution is 0.237. The monoisotopic (exact) mass is 408 g/mol. The zero-order valence-corrected chi connectivity index (χ0v) is 17.6. The summed E-state index contributed by atoms with van der Waals surface area (Å²) in [5.74, 6) is 1.36. The molecule has 30 heavy (non-hydrogen) atoms. The predicted octanol–water partition coefficient (Wildman–Crippen LogP) is 4.23. The number of ether oxygens (including phenoxy) is 2. The number of amides is 2. The molecular weight excluding hydrogens is 380 g/mol. The minimum Gasteiger partial charge on any atom is -0.493 e. The Hall–Kier alpha value is -3.48. The van der Waals surface area contributed by atoms with Gasteiger partial charge in [-0.15, -0.1) is 0 Å². The van der Waals surface area contributed by atoms with E-state index in [1.165, 1.54) is 0 Å². The fraction of sp³-hybridized carbons (Fsp3) is 0.304. The fourth-order valence-electron chi connectivity index (χ4n) is 3.03. The number of nitrogens with zero attached hydrogens (tertiary/aromatic N) is 2. The molecule has 7 heteroatoms. The molecule has 2 aromatic carbocycles. The van der Waals surface area contributed by atoms with Gasteiger partial charge in [0, 0.05) is 18.9 Å². The molecule has 7 nitrogen and oxygen atoms in total. The Balaban J connectivity index is 1.56. The van der Waals surface area contributed by atoms with E-state index in [-0.39, 0.29) is 12.1 Å². The normalized spacial score (nSPS) is 11.6. The summed E-state index contributed by atoms with van der Waals surface area (Å²) in [5, 5.41) is 10.1. The first-order valence-electron chi connectivity index (χ1n) is 10.0. The first-order valence-corrected chi connectivity index (χ1v) is 10.0. The second-order valence-corrected chi connectivity index (χ2v) is 6.93. The smallest absolute Gasteiger partial charge is 0.315 e. The predicted molar refractivity (Wildman–Crippen MR) is 116 cm³/mol.